The molecule has 1 amide bonds. The Morgan fingerprint density at radius 1 is 1.04 bits per heavy atom. The van der Waals surface area contributed by atoms with Crippen LogP contribution in [0.15, 0.2) is 42.5 Å². The SMILES string of the molecule is CCOc1ccccc1OCC(=O)OCC(=O)NCc1ccc(C)c(F)c1. The monoisotopic (exact) mass is 375 g/mol. The van der Waals surface area contributed by atoms with Crippen molar-refractivity contribution >= 4 is 11.9 Å². The zero-order chi connectivity index (χ0) is 19.6. The molecule has 27 heavy (non-hydrogen) atoms. The number of carbonyl (C=O) groups excluding carboxylic acids is 2. The highest BCUT2D eigenvalue weighted by atomic mass is 19.1. The molecule has 0 atom stereocenters. The Labute approximate surface area is 157 Å². The fraction of sp³-hybridized carbons (Fsp3) is 0.300. The number of halogens is 1. The summed E-state index contributed by atoms with van der Waals surface area (Å²) in [5.74, 6) is -0.562. The fourth-order valence-electron chi connectivity index (χ4n) is 2.17. The first kappa shape index (κ1) is 20.2. The highest BCUT2D eigenvalue weighted by Gasteiger charge is 2.11. The van der Waals surface area contributed by atoms with Crippen LogP contribution in [-0.4, -0.2) is 31.7 Å². The predicted octanol–water partition coefficient (Wildman–Crippen LogP) is 2.77. The van der Waals surface area contributed by atoms with Gasteiger partial charge in [-0.1, -0.05) is 24.3 Å². The van der Waals surface area contributed by atoms with Gasteiger partial charge < -0.3 is 19.5 Å². The van der Waals surface area contributed by atoms with Crippen molar-refractivity contribution in [3.05, 3.63) is 59.4 Å². The molecule has 6 nitrogen and oxygen atoms in total. The van der Waals surface area contributed by atoms with E-state index >= 15 is 0 Å². The molecule has 144 valence electrons. The average Bonchev–Trinajstić information content (AvgIpc) is 2.67. The second kappa shape index (κ2) is 10.2. The van der Waals surface area contributed by atoms with E-state index in [2.05, 4.69) is 5.32 Å². The number of ether oxygens (including phenoxy) is 3. The molecule has 2 rings (SSSR count). The van der Waals surface area contributed by atoms with Crippen LogP contribution in [0, 0.1) is 12.7 Å². The van der Waals surface area contributed by atoms with Crippen molar-refractivity contribution in [1.82, 2.24) is 5.32 Å². The standard InChI is InChI=1S/C20H22FNO5/c1-3-25-17-6-4-5-7-18(17)26-13-20(24)27-12-19(23)22-11-15-9-8-14(2)16(21)10-15/h4-10H,3,11-13H2,1-2H3,(H,22,23). The van der Waals surface area contributed by atoms with Crippen LogP contribution < -0.4 is 14.8 Å². The molecule has 0 fully saturated rings. The Kier molecular flexibility index (Phi) is 7.61. The highest BCUT2D eigenvalue weighted by molar-refractivity contribution is 5.80. The molecular formula is C20H22FNO5. The van der Waals surface area contributed by atoms with Crippen LogP contribution in [0.5, 0.6) is 11.5 Å². The fourth-order valence-corrected chi connectivity index (χ4v) is 2.17. The van der Waals surface area contributed by atoms with Crippen LogP contribution in [0.2, 0.25) is 0 Å². The number of carbonyl (C=O) groups is 2. The lowest BCUT2D eigenvalue weighted by Gasteiger charge is -2.11. The quantitative estimate of drug-likeness (QED) is 0.682. The van der Waals surface area contributed by atoms with E-state index in [1.807, 2.05) is 6.92 Å². The van der Waals surface area contributed by atoms with Gasteiger partial charge in [-0.05, 0) is 43.2 Å². The molecule has 0 bridgehead atoms. The molecule has 0 aromatic heterocycles. The number of nitrogens with one attached hydrogen (secondary N) is 1. The third kappa shape index (κ3) is 6.62. The molecule has 0 saturated carbocycles. The maximum Gasteiger partial charge on any atom is 0.344 e. The number of aryl methyl sites for hydroxylation is 1. The number of hydrogen-bond acceptors (Lipinski definition) is 5. The first-order valence-electron chi connectivity index (χ1n) is 8.51. The molecule has 0 spiro atoms. The number of amides is 1. The summed E-state index contributed by atoms with van der Waals surface area (Å²) < 4.78 is 29.1. The Bertz CT molecular complexity index is 794. The summed E-state index contributed by atoms with van der Waals surface area (Å²) in [4.78, 5) is 23.5. The minimum Gasteiger partial charge on any atom is -0.490 e. The van der Waals surface area contributed by atoms with Crippen molar-refractivity contribution in [2.75, 3.05) is 19.8 Å². The third-order valence-electron chi connectivity index (χ3n) is 3.58. The van der Waals surface area contributed by atoms with Gasteiger partial charge >= 0.3 is 5.97 Å². The maximum absolute atomic E-state index is 13.5. The Hall–Kier alpha value is -3.09. The van der Waals surface area contributed by atoms with E-state index in [4.69, 9.17) is 14.2 Å². The summed E-state index contributed by atoms with van der Waals surface area (Å²) in [5.41, 5.74) is 1.15. The molecule has 0 saturated heterocycles. The summed E-state index contributed by atoms with van der Waals surface area (Å²) in [5, 5.41) is 2.56. The Morgan fingerprint density at radius 2 is 1.74 bits per heavy atom. The maximum atomic E-state index is 13.5. The van der Waals surface area contributed by atoms with Gasteiger partial charge in [0.25, 0.3) is 5.91 Å². The van der Waals surface area contributed by atoms with Crippen LogP contribution in [0.25, 0.3) is 0 Å². The number of esters is 1. The summed E-state index contributed by atoms with van der Waals surface area (Å²) in [6.07, 6.45) is 0. The van der Waals surface area contributed by atoms with E-state index in [0.717, 1.165) is 0 Å². The zero-order valence-corrected chi connectivity index (χ0v) is 15.3. The van der Waals surface area contributed by atoms with Crippen molar-refractivity contribution in [2.24, 2.45) is 0 Å². The summed E-state index contributed by atoms with van der Waals surface area (Å²) >= 11 is 0. The normalized spacial score (nSPS) is 10.2. The van der Waals surface area contributed by atoms with E-state index in [9.17, 15) is 14.0 Å². The average molecular weight is 375 g/mol. The molecule has 0 heterocycles. The van der Waals surface area contributed by atoms with Crippen molar-refractivity contribution in [1.29, 1.82) is 0 Å². The van der Waals surface area contributed by atoms with Crippen molar-refractivity contribution in [3.63, 3.8) is 0 Å². The predicted molar refractivity (Wildman–Crippen MR) is 97.0 cm³/mol. The zero-order valence-electron chi connectivity index (χ0n) is 15.3. The molecule has 0 aliphatic rings. The Balaban J connectivity index is 1.72. The van der Waals surface area contributed by atoms with Gasteiger partial charge in [0.15, 0.2) is 24.7 Å². The van der Waals surface area contributed by atoms with Gasteiger partial charge in [-0.3, -0.25) is 4.79 Å². The topological polar surface area (TPSA) is 73.9 Å². The molecule has 1 N–H and O–H groups in total. The lowest BCUT2D eigenvalue weighted by atomic mass is 10.1. The highest BCUT2D eigenvalue weighted by Crippen LogP contribution is 2.26. The first-order valence-corrected chi connectivity index (χ1v) is 8.51. The lowest BCUT2D eigenvalue weighted by Crippen LogP contribution is -2.29. The van der Waals surface area contributed by atoms with Gasteiger partial charge in [-0.15, -0.1) is 0 Å². The minimum atomic E-state index is -0.683. The van der Waals surface area contributed by atoms with Gasteiger partial charge in [0.2, 0.25) is 0 Å². The third-order valence-corrected chi connectivity index (χ3v) is 3.58. The molecule has 0 radical (unpaired) electrons. The molecule has 7 heteroatoms. The van der Waals surface area contributed by atoms with Gasteiger partial charge in [-0.25, -0.2) is 9.18 Å². The van der Waals surface area contributed by atoms with Crippen LogP contribution in [0.3, 0.4) is 0 Å². The lowest BCUT2D eigenvalue weighted by molar-refractivity contribution is -0.150. The molecular weight excluding hydrogens is 353 g/mol. The molecule has 2 aromatic carbocycles. The number of benzene rings is 2. The van der Waals surface area contributed by atoms with Gasteiger partial charge in [0, 0.05) is 6.54 Å². The van der Waals surface area contributed by atoms with E-state index in [1.54, 1.807) is 43.3 Å². The summed E-state index contributed by atoms with van der Waals surface area (Å²) in [6, 6.07) is 11.6. The van der Waals surface area contributed by atoms with E-state index < -0.39 is 18.5 Å². The number of rotatable bonds is 9. The smallest absolute Gasteiger partial charge is 0.344 e. The molecule has 0 aliphatic heterocycles. The van der Waals surface area contributed by atoms with E-state index in [-0.39, 0.29) is 19.0 Å². The molecule has 0 aliphatic carbocycles. The summed E-state index contributed by atoms with van der Waals surface area (Å²) in [7, 11) is 0. The first-order chi connectivity index (χ1) is 13.0. The van der Waals surface area contributed by atoms with Crippen LogP contribution in [0.4, 0.5) is 4.39 Å². The number of hydrogen-bond donors (Lipinski definition) is 1. The van der Waals surface area contributed by atoms with Crippen LogP contribution >= 0.6 is 0 Å². The largest absolute Gasteiger partial charge is 0.490 e. The second-order valence-electron chi connectivity index (χ2n) is 5.69. The van der Waals surface area contributed by atoms with Crippen LogP contribution in [0.1, 0.15) is 18.1 Å². The molecule has 2 aromatic rings. The second-order valence-corrected chi connectivity index (χ2v) is 5.69. The van der Waals surface area contributed by atoms with Crippen molar-refractivity contribution < 1.29 is 28.2 Å². The number of para-hydroxylation sites is 2. The van der Waals surface area contributed by atoms with Gasteiger partial charge in [0.1, 0.15) is 5.82 Å². The van der Waals surface area contributed by atoms with Crippen molar-refractivity contribution in [2.45, 2.75) is 20.4 Å². The molecule has 0 unspecified atom stereocenters. The minimum absolute atomic E-state index is 0.145. The van der Waals surface area contributed by atoms with E-state index in [1.165, 1.54) is 6.07 Å². The van der Waals surface area contributed by atoms with Gasteiger partial charge in [0.05, 0.1) is 6.61 Å². The van der Waals surface area contributed by atoms with Crippen molar-refractivity contribution in [3.8, 4) is 11.5 Å². The van der Waals surface area contributed by atoms with Crippen LogP contribution in [-0.2, 0) is 20.9 Å². The van der Waals surface area contributed by atoms with E-state index in [0.29, 0.717) is 29.2 Å². The van der Waals surface area contributed by atoms with Gasteiger partial charge in [-0.2, -0.15) is 0 Å². The summed E-state index contributed by atoms with van der Waals surface area (Å²) in [6.45, 7) is 3.33. The Morgan fingerprint density at radius 3 is 2.41 bits per heavy atom.